The Kier molecular flexibility index (Phi) is 6.61. The standard InChI is InChI=1S/C23H32N4O4S/c28-32(29)13-9-26(10-14-32)16-19-15-20-17-27(6-2-5-25-7-11-30-12-8-25)18-31-23(20)22-21(19)3-1-4-24-22/h1,3-4,15H,2,5-14,16-18H2. The highest BCUT2D eigenvalue weighted by Crippen LogP contribution is 2.35. The lowest BCUT2D eigenvalue weighted by Gasteiger charge is -2.32. The first-order valence-corrected chi connectivity index (χ1v) is 13.4. The number of rotatable bonds is 6. The zero-order valence-electron chi connectivity index (χ0n) is 18.5. The molecule has 0 spiro atoms. The molecular formula is C23H32N4O4S. The van der Waals surface area contributed by atoms with E-state index in [0.717, 1.165) is 75.6 Å². The third-order valence-electron chi connectivity index (χ3n) is 6.68. The minimum absolute atomic E-state index is 0.244. The van der Waals surface area contributed by atoms with Crippen molar-refractivity contribution in [3.05, 3.63) is 35.5 Å². The molecule has 1 aromatic carbocycles. The highest BCUT2D eigenvalue weighted by molar-refractivity contribution is 7.91. The molecule has 0 atom stereocenters. The molecule has 0 radical (unpaired) electrons. The molecule has 2 aromatic rings. The molecule has 1 aromatic heterocycles. The highest BCUT2D eigenvalue weighted by atomic mass is 32.2. The average Bonchev–Trinajstić information content (AvgIpc) is 2.81. The molecule has 9 heteroatoms. The van der Waals surface area contributed by atoms with Crippen LogP contribution < -0.4 is 4.74 Å². The number of hydrogen-bond donors (Lipinski definition) is 0. The molecular weight excluding hydrogens is 428 g/mol. The molecule has 8 nitrogen and oxygen atoms in total. The van der Waals surface area contributed by atoms with Gasteiger partial charge in [0.25, 0.3) is 0 Å². The zero-order valence-corrected chi connectivity index (χ0v) is 19.4. The Bertz CT molecular complexity index is 1040. The fourth-order valence-electron chi connectivity index (χ4n) is 4.84. The summed E-state index contributed by atoms with van der Waals surface area (Å²) in [6.07, 6.45) is 2.93. The third kappa shape index (κ3) is 5.07. The van der Waals surface area contributed by atoms with Gasteiger partial charge in [0.05, 0.1) is 24.7 Å². The minimum atomic E-state index is -2.88. The summed E-state index contributed by atoms with van der Waals surface area (Å²) < 4.78 is 35.3. The lowest BCUT2D eigenvalue weighted by molar-refractivity contribution is 0.0331. The monoisotopic (exact) mass is 460 g/mol. The maximum absolute atomic E-state index is 11.8. The molecule has 0 bridgehead atoms. The number of morpholine rings is 1. The van der Waals surface area contributed by atoms with Crippen molar-refractivity contribution in [3.8, 4) is 5.75 Å². The Balaban J connectivity index is 1.29. The number of pyridine rings is 1. The zero-order chi connectivity index (χ0) is 22.0. The van der Waals surface area contributed by atoms with Crippen LogP contribution in [0.4, 0.5) is 0 Å². The van der Waals surface area contributed by atoms with E-state index in [0.29, 0.717) is 19.8 Å². The Morgan fingerprint density at radius 3 is 2.59 bits per heavy atom. The van der Waals surface area contributed by atoms with Gasteiger partial charge in [-0.2, -0.15) is 0 Å². The van der Waals surface area contributed by atoms with Gasteiger partial charge < -0.3 is 9.47 Å². The predicted octanol–water partition coefficient (Wildman–Crippen LogP) is 1.34. The fraction of sp³-hybridized carbons (Fsp3) is 0.609. The quantitative estimate of drug-likeness (QED) is 0.639. The van der Waals surface area contributed by atoms with Gasteiger partial charge in [-0.25, -0.2) is 8.42 Å². The second-order valence-corrected chi connectivity index (χ2v) is 11.3. The van der Waals surface area contributed by atoms with Crippen molar-refractivity contribution in [2.75, 3.05) is 70.7 Å². The van der Waals surface area contributed by atoms with Crippen molar-refractivity contribution >= 4 is 20.7 Å². The van der Waals surface area contributed by atoms with Crippen LogP contribution in [0.3, 0.4) is 0 Å². The van der Waals surface area contributed by atoms with Crippen LogP contribution in [-0.4, -0.2) is 98.8 Å². The van der Waals surface area contributed by atoms with Crippen LogP contribution in [0.15, 0.2) is 24.4 Å². The molecule has 3 aliphatic rings. The summed E-state index contributed by atoms with van der Waals surface area (Å²) in [4.78, 5) is 11.7. The number of hydrogen-bond acceptors (Lipinski definition) is 8. The van der Waals surface area contributed by atoms with E-state index < -0.39 is 9.84 Å². The number of sulfone groups is 1. The second kappa shape index (κ2) is 9.61. The van der Waals surface area contributed by atoms with Crippen molar-refractivity contribution in [3.63, 3.8) is 0 Å². The van der Waals surface area contributed by atoms with Gasteiger partial charge in [-0.3, -0.25) is 19.7 Å². The van der Waals surface area contributed by atoms with Gasteiger partial charge in [-0.15, -0.1) is 0 Å². The molecule has 2 saturated heterocycles. The summed E-state index contributed by atoms with van der Waals surface area (Å²) in [5, 5.41) is 1.10. The normalized spacial score (nSPS) is 22.5. The fourth-order valence-corrected chi connectivity index (χ4v) is 6.12. The van der Waals surface area contributed by atoms with Crippen LogP contribution in [0, 0.1) is 0 Å². The van der Waals surface area contributed by atoms with Gasteiger partial charge in [-0.05, 0) is 30.7 Å². The van der Waals surface area contributed by atoms with Gasteiger partial charge >= 0.3 is 0 Å². The first-order valence-electron chi connectivity index (χ1n) is 11.5. The molecule has 0 saturated carbocycles. The number of benzene rings is 1. The molecule has 32 heavy (non-hydrogen) atoms. The molecule has 2 fully saturated rings. The maximum atomic E-state index is 11.8. The SMILES string of the molecule is O=S1(=O)CCN(Cc2cc3c(c4ncccc24)OCN(CCCN2CCOCC2)C3)CC1. The van der Waals surface area contributed by atoms with E-state index in [2.05, 4.69) is 31.8 Å². The third-order valence-corrected chi connectivity index (χ3v) is 8.29. The Morgan fingerprint density at radius 1 is 1.00 bits per heavy atom. The van der Waals surface area contributed by atoms with Crippen molar-refractivity contribution in [1.82, 2.24) is 19.7 Å². The Labute approximate surface area is 190 Å². The van der Waals surface area contributed by atoms with Crippen molar-refractivity contribution in [2.24, 2.45) is 0 Å². The largest absolute Gasteiger partial charge is 0.475 e. The number of fused-ring (bicyclic) bond motifs is 3. The van der Waals surface area contributed by atoms with Crippen LogP contribution in [0.1, 0.15) is 17.5 Å². The topological polar surface area (TPSA) is 75.2 Å². The summed E-state index contributed by atoms with van der Waals surface area (Å²) in [5.74, 6) is 1.39. The van der Waals surface area contributed by atoms with Gasteiger partial charge in [0.2, 0.25) is 0 Å². The van der Waals surface area contributed by atoms with E-state index in [9.17, 15) is 8.42 Å². The van der Waals surface area contributed by atoms with E-state index in [1.165, 1.54) is 11.1 Å². The average molecular weight is 461 g/mol. The maximum Gasteiger partial charge on any atom is 0.152 e. The van der Waals surface area contributed by atoms with E-state index in [1.807, 2.05) is 12.3 Å². The summed E-state index contributed by atoms with van der Waals surface area (Å²) in [6.45, 7) is 9.18. The summed E-state index contributed by atoms with van der Waals surface area (Å²) in [7, 11) is -2.88. The molecule has 0 aliphatic carbocycles. The number of nitrogens with zero attached hydrogens (tertiary/aromatic N) is 4. The van der Waals surface area contributed by atoms with Crippen LogP contribution in [0.5, 0.6) is 5.75 Å². The summed E-state index contributed by atoms with van der Waals surface area (Å²) >= 11 is 0. The highest BCUT2D eigenvalue weighted by Gasteiger charge is 2.25. The van der Waals surface area contributed by atoms with Crippen molar-refractivity contribution < 1.29 is 17.9 Å². The first kappa shape index (κ1) is 22.0. The van der Waals surface area contributed by atoms with Gasteiger partial charge in [0.15, 0.2) is 15.6 Å². The molecule has 0 amide bonds. The number of ether oxygens (including phenoxy) is 2. The van der Waals surface area contributed by atoms with E-state index in [-0.39, 0.29) is 11.5 Å². The van der Waals surface area contributed by atoms with Crippen molar-refractivity contribution in [1.29, 1.82) is 0 Å². The van der Waals surface area contributed by atoms with Gasteiger partial charge in [-0.1, -0.05) is 6.07 Å². The number of aromatic nitrogens is 1. The van der Waals surface area contributed by atoms with E-state index >= 15 is 0 Å². The van der Waals surface area contributed by atoms with Crippen LogP contribution in [-0.2, 0) is 27.7 Å². The van der Waals surface area contributed by atoms with Crippen LogP contribution in [0.25, 0.3) is 10.9 Å². The molecule has 174 valence electrons. The molecule has 0 N–H and O–H groups in total. The van der Waals surface area contributed by atoms with E-state index in [4.69, 9.17) is 9.47 Å². The lowest BCUT2D eigenvalue weighted by Crippen LogP contribution is -2.40. The summed E-state index contributed by atoms with van der Waals surface area (Å²) in [5.41, 5.74) is 3.29. The van der Waals surface area contributed by atoms with Gasteiger partial charge in [0, 0.05) is 63.0 Å². The Hall–Kier alpha value is -1.78. The first-order chi connectivity index (χ1) is 15.6. The Morgan fingerprint density at radius 2 is 1.78 bits per heavy atom. The molecule has 3 aliphatic heterocycles. The molecule has 4 heterocycles. The van der Waals surface area contributed by atoms with Crippen molar-refractivity contribution in [2.45, 2.75) is 19.5 Å². The molecule has 0 unspecified atom stereocenters. The van der Waals surface area contributed by atoms with Crippen LogP contribution in [0.2, 0.25) is 0 Å². The lowest BCUT2D eigenvalue weighted by atomic mass is 10.0. The minimum Gasteiger partial charge on any atom is -0.475 e. The summed E-state index contributed by atoms with van der Waals surface area (Å²) in [6, 6.07) is 6.30. The van der Waals surface area contributed by atoms with Gasteiger partial charge in [0.1, 0.15) is 12.2 Å². The van der Waals surface area contributed by atoms with Crippen LogP contribution >= 0.6 is 0 Å². The molecule has 5 rings (SSSR count). The predicted molar refractivity (Wildman–Crippen MR) is 123 cm³/mol. The second-order valence-electron chi connectivity index (χ2n) is 8.99. The van der Waals surface area contributed by atoms with E-state index in [1.54, 1.807) is 0 Å². The smallest absolute Gasteiger partial charge is 0.152 e.